The molecule has 1 atom stereocenters. The molecule has 1 aromatic carbocycles. The van der Waals surface area contributed by atoms with Crippen LogP contribution in [0.15, 0.2) is 18.2 Å². The molecule has 1 heterocycles. The summed E-state index contributed by atoms with van der Waals surface area (Å²) in [6.07, 6.45) is 5.20. The Kier molecular flexibility index (Phi) is 4.66. The van der Waals surface area contributed by atoms with Crippen molar-refractivity contribution in [1.29, 1.82) is 0 Å². The summed E-state index contributed by atoms with van der Waals surface area (Å²) in [6, 6.07) is 7.09. The lowest BCUT2D eigenvalue weighted by Gasteiger charge is -2.16. The highest BCUT2D eigenvalue weighted by Gasteiger charge is 2.21. The minimum absolute atomic E-state index is 0. The fraction of sp³-hybridized carbons (Fsp3) is 0.600. The zero-order valence-corrected chi connectivity index (χ0v) is 11.7. The molecule has 1 aliphatic carbocycles. The van der Waals surface area contributed by atoms with Gasteiger partial charge in [0.05, 0.1) is 0 Å². The van der Waals surface area contributed by atoms with Crippen LogP contribution in [0.3, 0.4) is 0 Å². The maximum absolute atomic E-state index is 5.74. The topological polar surface area (TPSA) is 29.3 Å². The Balaban J connectivity index is 0.00000120. The van der Waals surface area contributed by atoms with Crippen molar-refractivity contribution in [2.75, 3.05) is 19.6 Å². The second-order valence-electron chi connectivity index (χ2n) is 5.58. The van der Waals surface area contributed by atoms with Gasteiger partial charge in [0.25, 0.3) is 0 Å². The molecule has 0 radical (unpaired) electrons. The molecule has 0 bridgehead atoms. The molecular formula is C15H23ClN2. The van der Waals surface area contributed by atoms with Gasteiger partial charge < -0.3 is 5.73 Å². The second kappa shape index (κ2) is 6.05. The molecule has 0 spiro atoms. The molecule has 1 aliphatic heterocycles. The highest BCUT2D eigenvalue weighted by atomic mass is 35.5. The van der Waals surface area contributed by atoms with E-state index in [0.717, 1.165) is 19.0 Å². The van der Waals surface area contributed by atoms with Crippen molar-refractivity contribution < 1.29 is 0 Å². The zero-order valence-electron chi connectivity index (χ0n) is 10.9. The van der Waals surface area contributed by atoms with Crippen LogP contribution in [0.2, 0.25) is 0 Å². The molecule has 3 rings (SSSR count). The number of hydrogen-bond donors (Lipinski definition) is 1. The zero-order chi connectivity index (χ0) is 11.7. The first-order valence-electron chi connectivity index (χ1n) is 6.88. The predicted octanol–water partition coefficient (Wildman–Crippen LogP) is 2.38. The van der Waals surface area contributed by atoms with E-state index in [1.807, 2.05) is 0 Å². The number of aryl methyl sites for hydroxylation is 2. The maximum Gasteiger partial charge on any atom is 0.0233 e. The third kappa shape index (κ3) is 2.87. The van der Waals surface area contributed by atoms with Gasteiger partial charge in [0, 0.05) is 13.1 Å². The SMILES string of the molecule is Cl.NCC1CCN(Cc2ccc3c(c2)CCC3)C1. The van der Waals surface area contributed by atoms with E-state index in [2.05, 4.69) is 23.1 Å². The fourth-order valence-electron chi connectivity index (χ4n) is 3.23. The molecule has 18 heavy (non-hydrogen) atoms. The van der Waals surface area contributed by atoms with E-state index in [4.69, 9.17) is 5.73 Å². The minimum atomic E-state index is 0. The Morgan fingerprint density at radius 3 is 2.83 bits per heavy atom. The van der Waals surface area contributed by atoms with Crippen LogP contribution in [-0.4, -0.2) is 24.5 Å². The molecule has 3 heteroatoms. The maximum atomic E-state index is 5.74. The van der Waals surface area contributed by atoms with Crippen LogP contribution in [0, 0.1) is 5.92 Å². The van der Waals surface area contributed by atoms with Crippen molar-refractivity contribution in [2.24, 2.45) is 11.7 Å². The van der Waals surface area contributed by atoms with E-state index in [-0.39, 0.29) is 12.4 Å². The van der Waals surface area contributed by atoms with E-state index in [0.29, 0.717) is 0 Å². The molecule has 100 valence electrons. The number of nitrogens with two attached hydrogens (primary N) is 1. The van der Waals surface area contributed by atoms with Crippen molar-refractivity contribution in [1.82, 2.24) is 4.90 Å². The lowest BCUT2D eigenvalue weighted by molar-refractivity contribution is 0.318. The normalized spacial score (nSPS) is 22.8. The fourth-order valence-corrected chi connectivity index (χ4v) is 3.23. The van der Waals surface area contributed by atoms with E-state index in [1.165, 1.54) is 44.3 Å². The number of rotatable bonds is 3. The third-order valence-corrected chi connectivity index (χ3v) is 4.27. The molecule has 2 aliphatic rings. The lowest BCUT2D eigenvalue weighted by atomic mass is 10.1. The smallest absolute Gasteiger partial charge is 0.0233 e. The van der Waals surface area contributed by atoms with Crippen molar-refractivity contribution in [3.05, 3.63) is 34.9 Å². The second-order valence-corrected chi connectivity index (χ2v) is 5.58. The van der Waals surface area contributed by atoms with Gasteiger partial charge in [0.1, 0.15) is 0 Å². The van der Waals surface area contributed by atoms with Crippen LogP contribution < -0.4 is 5.73 Å². The van der Waals surface area contributed by atoms with E-state index < -0.39 is 0 Å². The number of likely N-dealkylation sites (tertiary alicyclic amines) is 1. The average molecular weight is 267 g/mol. The highest BCUT2D eigenvalue weighted by Crippen LogP contribution is 2.24. The molecule has 0 aromatic heterocycles. The molecule has 1 aromatic rings. The molecular weight excluding hydrogens is 244 g/mol. The molecule has 2 nitrogen and oxygen atoms in total. The van der Waals surface area contributed by atoms with E-state index in [9.17, 15) is 0 Å². The Bertz CT molecular complexity index is 405. The summed E-state index contributed by atoms with van der Waals surface area (Å²) in [7, 11) is 0. The van der Waals surface area contributed by atoms with Gasteiger partial charge in [-0.25, -0.2) is 0 Å². The monoisotopic (exact) mass is 266 g/mol. The van der Waals surface area contributed by atoms with Gasteiger partial charge in [-0.15, -0.1) is 12.4 Å². The van der Waals surface area contributed by atoms with E-state index in [1.54, 1.807) is 11.1 Å². The number of nitrogens with zero attached hydrogens (tertiary/aromatic N) is 1. The molecule has 1 unspecified atom stereocenters. The summed E-state index contributed by atoms with van der Waals surface area (Å²) in [5.41, 5.74) is 10.4. The molecule has 2 N–H and O–H groups in total. The van der Waals surface area contributed by atoms with Crippen LogP contribution in [0.4, 0.5) is 0 Å². The number of fused-ring (bicyclic) bond motifs is 1. The molecule has 1 fully saturated rings. The summed E-state index contributed by atoms with van der Waals surface area (Å²) in [4.78, 5) is 2.55. The Hall–Kier alpha value is -0.570. The van der Waals surface area contributed by atoms with Gasteiger partial charge >= 0.3 is 0 Å². The van der Waals surface area contributed by atoms with Gasteiger partial charge in [-0.2, -0.15) is 0 Å². The average Bonchev–Trinajstić information content (AvgIpc) is 2.96. The van der Waals surface area contributed by atoms with Crippen LogP contribution in [-0.2, 0) is 19.4 Å². The first-order chi connectivity index (χ1) is 8.35. The lowest BCUT2D eigenvalue weighted by Crippen LogP contribution is -2.22. The molecule has 1 saturated heterocycles. The largest absolute Gasteiger partial charge is 0.330 e. The van der Waals surface area contributed by atoms with E-state index >= 15 is 0 Å². The Morgan fingerprint density at radius 1 is 1.22 bits per heavy atom. The first-order valence-corrected chi connectivity index (χ1v) is 6.88. The van der Waals surface area contributed by atoms with Gasteiger partial charge in [-0.1, -0.05) is 18.2 Å². The van der Waals surface area contributed by atoms with Gasteiger partial charge in [0.2, 0.25) is 0 Å². The van der Waals surface area contributed by atoms with Crippen LogP contribution >= 0.6 is 12.4 Å². The highest BCUT2D eigenvalue weighted by molar-refractivity contribution is 5.85. The summed E-state index contributed by atoms with van der Waals surface area (Å²) >= 11 is 0. The van der Waals surface area contributed by atoms with Crippen LogP contribution in [0.1, 0.15) is 29.5 Å². The van der Waals surface area contributed by atoms with Gasteiger partial charge in [0.15, 0.2) is 0 Å². The van der Waals surface area contributed by atoms with Crippen LogP contribution in [0.5, 0.6) is 0 Å². The predicted molar refractivity (Wildman–Crippen MR) is 78.2 cm³/mol. The van der Waals surface area contributed by atoms with Crippen molar-refractivity contribution in [3.8, 4) is 0 Å². The van der Waals surface area contributed by atoms with Gasteiger partial charge in [-0.05, 0) is 61.4 Å². The minimum Gasteiger partial charge on any atom is -0.330 e. The quantitative estimate of drug-likeness (QED) is 0.910. The van der Waals surface area contributed by atoms with Crippen LogP contribution in [0.25, 0.3) is 0 Å². The van der Waals surface area contributed by atoms with Crippen molar-refractivity contribution in [3.63, 3.8) is 0 Å². The molecule has 0 amide bonds. The third-order valence-electron chi connectivity index (χ3n) is 4.27. The Morgan fingerprint density at radius 2 is 2.06 bits per heavy atom. The molecule has 0 saturated carbocycles. The number of halogens is 1. The van der Waals surface area contributed by atoms with Crippen molar-refractivity contribution in [2.45, 2.75) is 32.2 Å². The number of benzene rings is 1. The number of hydrogen-bond acceptors (Lipinski definition) is 2. The summed E-state index contributed by atoms with van der Waals surface area (Å²) in [5.74, 6) is 0.726. The summed E-state index contributed by atoms with van der Waals surface area (Å²) in [6.45, 7) is 4.37. The van der Waals surface area contributed by atoms with Gasteiger partial charge in [-0.3, -0.25) is 4.90 Å². The standard InChI is InChI=1S/C15H22N2.ClH/c16-9-13-6-7-17(11-13)10-12-4-5-14-2-1-3-15(14)8-12;/h4-5,8,13H,1-3,6-7,9-11,16H2;1H. The van der Waals surface area contributed by atoms with Crippen molar-refractivity contribution >= 4 is 12.4 Å². The Labute approximate surface area is 116 Å². The summed E-state index contributed by atoms with van der Waals surface area (Å²) in [5, 5.41) is 0. The first kappa shape index (κ1) is 13.9. The summed E-state index contributed by atoms with van der Waals surface area (Å²) < 4.78 is 0.